The third kappa shape index (κ3) is 2.80. The number of benzene rings is 1. The highest BCUT2D eigenvalue weighted by molar-refractivity contribution is 5.89. The van der Waals surface area contributed by atoms with Crippen molar-refractivity contribution in [3.63, 3.8) is 0 Å². The van der Waals surface area contributed by atoms with Gasteiger partial charge in [-0.3, -0.25) is 9.59 Å². The van der Waals surface area contributed by atoms with Crippen molar-refractivity contribution in [3.05, 3.63) is 29.8 Å². The molecule has 5 nitrogen and oxygen atoms in total. The van der Waals surface area contributed by atoms with E-state index in [0.29, 0.717) is 13.0 Å². The van der Waals surface area contributed by atoms with Crippen LogP contribution >= 0.6 is 0 Å². The molecule has 1 fully saturated rings. The Morgan fingerprint density at radius 1 is 1.33 bits per heavy atom. The standard InChI is InChI=1S/C13H15NO4/c1-18-9-4-2-8(3-5-9)7-14-12(15)10-6-11(10)13(16)17/h2-5,10-11H,6-7H2,1H3,(H,14,15)(H,16,17)/t10-,11+/m0/s1. The molecule has 2 N–H and O–H groups in total. The first-order valence-electron chi connectivity index (χ1n) is 5.75. The fourth-order valence-electron chi connectivity index (χ4n) is 1.82. The van der Waals surface area contributed by atoms with E-state index < -0.39 is 11.9 Å². The number of carbonyl (C=O) groups excluding carboxylic acids is 1. The van der Waals surface area contributed by atoms with Gasteiger partial charge in [0, 0.05) is 6.54 Å². The lowest BCUT2D eigenvalue weighted by Crippen LogP contribution is -2.25. The Morgan fingerprint density at radius 3 is 2.50 bits per heavy atom. The maximum Gasteiger partial charge on any atom is 0.307 e. The minimum Gasteiger partial charge on any atom is -0.497 e. The number of hydrogen-bond donors (Lipinski definition) is 2. The number of hydrogen-bond acceptors (Lipinski definition) is 3. The van der Waals surface area contributed by atoms with Gasteiger partial charge in [0.05, 0.1) is 18.9 Å². The van der Waals surface area contributed by atoms with Crippen LogP contribution < -0.4 is 10.1 Å². The van der Waals surface area contributed by atoms with E-state index in [9.17, 15) is 9.59 Å². The van der Waals surface area contributed by atoms with Gasteiger partial charge in [0.25, 0.3) is 0 Å². The molecule has 0 unspecified atom stereocenters. The van der Waals surface area contributed by atoms with Gasteiger partial charge in [-0.2, -0.15) is 0 Å². The van der Waals surface area contributed by atoms with Crippen LogP contribution in [0.5, 0.6) is 5.75 Å². The molecule has 0 aromatic heterocycles. The predicted octanol–water partition coefficient (Wildman–Crippen LogP) is 1.03. The number of carboxylic acid groups (broad SMARTS) is 1. The summed E-state index contributed by atoms with van der Waals surface area (Å²) in [4.78, 5) is 22.2. The maximum absolute atomic E-state index is 11.6. The number of methoxy groups -OCH3 is 1. The maximum atomic E-state index is 11.6. The summed E-state index contributed by atoms with van der Waals surface area (Å²) >= 11 is 0. The topological polar surface area (TPSA) is 75.6 Å². The zero-order valence-electron chi connectivity index (χ0n) is 10.1. The fraction of sp³-hybridized carbons (Fsp3) is 0.385. The highest BCUT2D eigenvalue weighted by Crippen LogP contribution is 2.38. The molecule has 0 heterocycles. The Labute approximate surface area is 105 Å². The normalized spacial score (nSPS) is 21.2. The van der Waals surface area contributed by atoms with Crippen molar-refractivity contribution >= 4 is 11.9 Å². The van der Waals surface area contributed by atoms with Crippen LogP contribution in [0.15, 0.2) is 24.3 Å². The average Bonchev–Trinajstić information content (AvgIpc) is 3.17. The molecule has 0 aliphatic heterocycles. The molecule has 2 rings (SSSR count). The number of aliphatic carboxylic acids is 1. The second-order valence-electron chi connectivity index (χ2n) is 4.35. The molecule has 1 aliphatic carbocycles. The van der Waals surface area contributed by atoms with Crippen molar-refractivity contribution in [1.82, 2.24) is 5.32 Å². The Morgan fingerprint density at radius 2 is 2.00 bits per heavy atom. The Balaban J connectivity index is 1.81. The van der Waals surface area contributed by atoms with Crippen LogP contribution in [0.4, 0.5) is 0 Å². The first-order valence-corrected chi connectivity index (χ1v) is 5.75. The van der Waals surface area contributed by atoms with Crippen LogP contribution in [0.1, 0.15) is 12.0 Å². The highest BCUT2D eigenvalue weighted by atomic mass is 16.5. The molecule has 0 bridgehead atoms. The molecule has 2 atom stereocenters. The Bertz CT molecular complexity index is 455. The minimum atomic E-state index is -0.889. The summed E-state index contributed by atoms with van der Waals surface area (Å²) in [6.45, 7) is 0.408. The molecule has 96 valence electrons. The average molecular weight is 249 g/mol. The first-order chi connectivity index (χ1) is 8.61. The van der Waals surface area contributed by atoms with E-state index in [0.717, 1.165) is 11.3 Å². The molecular formula is C13H15NO4. The van der Waals surface area contributed by atoms with Gasteiger partial charge in [-0.25, -0.2) is 0 Å². The van der Waals surface area contributed by atoms with Gasteiger partial charge in [0.1, 0.15) is 5.75 Å². The molecule has 1 aromatic rings. The number of carbonyl (C=O) groups is 2. The van der Waals surface area contributed by atoms with Crippen LogP contribution in [-0.2, 0) is 16.1 Å². The Kier molecular flexibility index (Phi) is 3.50. The van der Waals surface area contributed by atoms with Crippen molar-refractivity contribution in [2.75, 3.05) is 7.11 Å². The van der Waals surface area contributed by atoms with Crippen LogP contribution in [0.25, 0.3) is 0 Å². The number of carboxylic acids is 1. The molecular weight excluding hydrogens is 234 g/mol. The van der Waals surface area contributed by atoms with Gasteiger partial charge < -0.3 is 15.2 Å². The molecule has 1 aliphatic rings. The van der Waals surface area contributed by atoms with Crippen LogP contribution in [0, 0.1) is 11.8 Å². The monoisotopic (exact) mass is 249 g/mol. The van der Waals surface area contributed by atoms with Crippen LogP contribution in [0.2, 0.25) is 0 Å². The van der Waals surface area contributed by atoms with Gasteiger partial charge in [-0.05, 0) is 24.1 Å². The molecule has 0 spiro atoms. The molecule has 5 heteroatoms. The quantitative estimate of drug-likeness (QED) is 0.817. The lowest BCUT2D eigenvalue weighted by atomic mass is 10.2. The van der Waals surface area contributed by atoms with Crippen LogP contribution in [-0.4, -0.2) is 24.1 Å². The van der Waals surface area contributed by atoms with Crippen LogP contribution in [0.3, 0.4) is 0 Å². The smallest absolute Gasteiger partial charge is 0.307 e. The van der Waals surface area contributed by atoms with Gasteiger partial charge in [0.2, 0.25) is 5.91 Å². The molecule has 1 saturated carbocycles. The van der Waals surface area contributed by atoms with Gasteiger partial charge in [-0.15, -0.1) is 0 Å². The van der Waals surface area contributed by atoms with Gasteiger partial charge in [-0.1, -0.05) is 12.1 Å². The highest BCUT2D eigenvalue weighted by Gasteiger charge is 2.48. The van der Waals surface area contributed by atoms with Gasteiger partial charge in [0.15, 0.2) is 0 Å². The largest absolute Gasteiger partial charge is 0.497 e. The zero-order chi connectivity index (χ0) is 13.1. The minimum absolute atomic E-state index is 0.182. The summed E-state index contributed by atoms with van der Waals surface area (Å²) < 4.78 is 5.03. The van der Waals surface area contributed by atoms with Crippen molar-refractivity contribution in [3.8, 4) is 5.75 Å². The summed E-state index contributed by atoms with van der Waals surface area (Å²) in [5, 5.41) is 11.5. The summed E-state index contributed by atoms with van der Waals surface area (Å²) in [6, 6.07) is 7.36. The first kappa shape index (κ1) is 12.4. The lowest BCUT2D eigenvalue weighted by molar-refractivity contribution is -0.140. The summed E-state index contributed by atoms with van der Waals surface area (Å²) in [5.41, 5.74) is 0.955. The van der Waals surface area contributed by atoms with Crippen molar-refractivity contribution in [2.24, 2.45) is 11.8 Å². The van der Waals surface area contributed by atoms with E-state index in [1.807, 2.05) is 24.3 Å². The van der Waals surface area contributed by atoms with E-state index in [2.05, 4.69) is 5.32 Å². The third-order valence-electron chi connectivity index (χ3n) is 3.07. The number of ether oxygens (including phenoxy) is 1. The van der Waals surface area contributed by atoms with E-state index in [1.165, 1.54) is 0 Å². The van der Waals surface area contributed by atoms with Gasteiger partial charge >= 0.3 is 5.97 Å². The summed E-state index contributed by atoms with van der Waals surface area (Å²) in [5.74, 6) is -1.17. The van der Waals surface area contributed by atoms with E-state index in [1.54, 1.807) is 7.11 Å². The molecule has 0 saturated heterocycles. The van der Waals surface area contributed by atoms with Crippen molar-refractivity contribution in [2.45, 2.75) is 13.0 Å². The van der Waals surface area contributed by atoms with E-state index in [4.69, 9.17) is 9.84 Å². The molecule has 1 aromatic carbocycles. The molecule has 0 radical (unpaired) electrons. The predicted molar refractivity (Wildman–Crippen MR) is 64.1 cm³/mol. The van der Waals surface area contributed by atoms with Crippen molar-refractivity contribution < 1.29 is 19.4 Å². The zero-order valence-corrected chi connectivity index (χ0v) is 10.1. The number of amides is 1. The second-order valence-corrected chi connectivity index (χ2v) is 4.35. The van der Waals surface area contributed by atoms with E-state index in [-0.39, 0.29) is 11.8 Å². The summed E-state index contributed by atoms with van der Waals surface area (Å²) in [6.07, 6.45) is 0.448. The Hall–Kier alpha value is -2.04. The lowest BCUT2D eigenvalue weighted by Gasteiger charge is -2.05. The van der Waals surface area contributed by atoms with E-state index >= 15 is 0 Å². The SMILES string of the molecule is COc1ccc(CNC(=O)[C@H]2C[C@H]2C(=O)O)cc1. The van der Waals surface area contributed by atoms with Crippen molar-refractivity contribution in [1.29, 1.82) is 0 Å². The molecule has 18 heavy (non-hydrogen) atoms. The third-order valence-corrected chi connectivity index (χ3v) is 3.07. The second kappa shape index (κ2) is 5.08. The number of nitrogens with one attached hydrogen (secondary N) is 1. The number of rotatable bonds is 5. The molecule has 1 amide bonds. The fourth-order valence-corrected chi connectivity index (χ4v) is 1.82. The summed E-state index contributed by atoms with van der Waals surface area (Å²) in [7, 11) is 1.59.